The lowest BCUT2D eigenvalue weighted by atomic mass is 10.2. The van der Waals surface area contributed by atoms with E-state index in [1.807, 2.05) is 6.07 Å². The van der Waals surface area contributed by atoms with Crippen molar-refractivity contribution in [1.29, 1.82) is 5.26 Å². The van der Waals surface area contributed by atoms with Gasteiger partial charge in [-0.2, -0.15) is 5.26 Å². The SMILES string of the molecule is C[Si](C)(C)Oc1c(Cl)cc(C#N)cc1Br. The average molecular weight is 305 g/mol. The lowest BCUT2D eigenvalue weighted by molar-refractivity contribution is 0.554. The minimum atomic E-state index is -1.69. The van der Waals surface area contributed by atoms with Crippen LogP contribution in [0.1, 0.15) is 5.56 Å². The fourth-order valence-corrected chi connectivity index (χ4v) is 2.99. The fraction of sp³-hybridized carbons (Fsp3) is 0.300. The van der Waals surface area contributed by atoms with Crippen LogP contribution in [-0.4, -0.2) is 8.32 Å². The molecule has 5 heteroatoms. The van der Waals surface area contributed by atoms with Gasteiger partial charge in [0.25, 0.3) is 0 Å². The van der Waals surface area contributed by atoms with Crippen LogP contribution in [0.4, 0.5) is 0 Å². The normalized spacial score (nSPS) is 10.9. The van der Waals surface area contributed by atoms with Gasteiger partial charge in [-0.05, 0) is 47.7 Å². The Hall–Kier alpha value is -0.503. The van der Waals surface area contributed by atoms with Gasteiger partial charge in [-0.3, -0.25) is 0 Å². The number of hydrogen-bond acceptors (Lipinski definition) is 2. The van der Waals surface area contributed by atoms with E-state index in [2.05, 4.69) is 35.6 Å². The van der Waals surface area contributed by atoms with Crippen molar-refractivity contribution in [2.24, 2.45) is 0 Å². The standard InChI is InChI=1S/C10H11BrClNOSi/c1-15(2,3)14-10-8(11)4-7(6-13)5-9(10)12/h4-5H,1-3H3. The summed E-state index contributed by atoms with van der Waals surface area (Å²) < 4.78 is 6.54. The molecule has 0 N–H and O–H groups in total. The van der Waals surface area contributed by atoms with E-state index < -0.39 is 8.32 Å². The molecule has 0 saturated heterocycles. The molecular weight excluding hydrogens is 294 g/mol. The summed E-state index contributed by atoms with van der Waals surface area (Å²) in [5, 5.41) is 9.22. The summed E-state index contributed by atoms with van der Waals surface area (Å²) in [4.78, 5) is 0. The Kier molecular flexibility index (Phi) is 3.82. The largest absolute Gasteiger partial charge is 0.543 e. The Morgan fingerprint density at radius 2 is 2.00 bits per heavy atom. The first-order valence-electron chi connectivity index (χ1n) is 4.41. The van der Waals surface area contributed by atoms with Crippen LogP contribution >= 0.6 is 27.5 Å². The van der Waals surface area contributed by atoms with E-state index in [1.54, 1.807) is 12.1 Å². The predicted molar refractivity (Wildman–Crippen MR) is 67.8 cm³/mol. The molecule has 0 aromatic heterocycles. The van der Waals surface area contributed by atoms with Crippen LogP contribution in [0.2, 0.25) is 24.7 Å². The molecule has 0 aliphatic heterocycles. The smallest absolute Gasteiger partial charge is 0.242 e. The van der Waals surface area contributed by atoms with Crippen molar-refractivity contribution in [1.82, 2.24) is 0 Å². The third-order valence-corrected chi connectivity index (χ3v) is 3.22. The Labute approximate surface area is 104 Å². The highest BCUT2D eigenvalue weighted by Crippen LogP contribution is 2.35. The Morgan fingerprint density at radius 1 is 1.40 bits per heavy atom. The van der Waals surface area contributed by atoms with Gasteiger partial charge in [0.05, 0.1) is 21.1 Å². The van der Waals surface area contributed by atoms with Gasteiger partial charge in [0, 0.05) is 0 Å². The first kappa shape index (κ1) is 12.6. The molecule has 0 aliphatic rings. The molecule has 80 valence electrons. The van der Waals surface area contributed by atoms with Crippen molar-refractivity contribution in [3.05, 3.63) is 27.2 Å². The molecule has 1 aromatic rings. The number of rotatable bonds is 2. The van der Waals surface area contributed by atoms with E-state index in [1.165, 1.54) is 0 Å². The molecule has 0 saturated carbocycles. The summed E-state index contributed by atoms with van der Waals surface area (Å²) >= 11 is 9.39. The zero-order valence-electron chi connectivity index (χ0n) is 8.77. The van der Waals surface area contributed by atoms with Crippen LogP contribution in [0.3, 0.4) is 0 Å². The summed E-state index contributed by atoms with van der Waals surface area (Å²) in [7, 11) is -1.69. The quantitative estimate of drug-likeness (QED) is 0.768. The average Bonchev–Trinajstić information content (AvgIpc) is 2.09. The van der Waals surface area contributed by atoms with Gasteiger partial charge in [0.1, 0.15) is 5.75 Å². The van der Waals surface area contributed by atoms with Crippen LogP contribution in [0.5, 0.6) is 5.75 Å². The molecule has 0 amide bonds. The molecule has 2 nitrogen and oxygen atoms in total. The Balaban J connectivity index is 3.16. The van der Waals surface area contributed by atoms with Crippen LogP contribution in [-0.2, 0) is 0 Å². The van der Waals surface area contributed by atoms with Gasteiger partial charge in [0.2, 0.25) is 8.32 Å². The molecular formula is C10H11BrClNOSi. The predicted octanol–water partition coefficient (Wildman–Crippen LogP) is 4.19. The highest BCUT2D eigenvalue weighted by molar-refractivity contribution is 9.10. The lowest BCUT2D eigenvalue weighted by Gasteiger charge is -2.21. The van der Waals surface area contributed by atoms with Gasteiger partial charge < -0.3 is 4.43 Å². The summed E-state index contributed by atoms with van der Waals surface area (Å²) in [5.41, 5.74) is 0.523. The molecule has 0 radical (unpaired) electrons. The molecule has 0 atom stereocenters. The molecule has 0 bridgehead atoms. The van der Waals surface area contributed by atoms with Gasteiger partial charge in [-0.1, -0.05) is 11.6 Å². The van der Waals surface area contributed by atoms with Crippen LogP contribution in [0.15, 0.2) is 16.6 Å². The minimum absolute atomic E-state index is 0.475. The van der Waals surface area contributed by atoms with Crippen molar-refractivity contribution in [2.45, 2.75) is 19.6 Å². The third kappa shape index (κ3) is 3.52. The van der Waals surface area contributed by atoms with E-state index in [9.17, 15) is 0 Å². The summed E-state index contributed by atoms with van der Waals surface area (Å²) in [6.07, 6.45) is 0. The van der Waals surface area contributed by atoms with E-state index in [4.69, 9.17) is 21.3 Å². The fourth-order valence-electron chi connectivity index (χ4n) is 1.03. The third-order valence-electron chi connectivity index (χ3n) is 1.54. The van der Waals surface area contributed by atoms with E-state index >= 15 is 0 Å². The van der Waals surface area contributed by atoms with E-state index in [0.717, 1.165) is 4.47 Å². The van der Waals surface area contributed by atoms with Crippen LogP contribution < -0.4 is 4.43 Å². The van der Waals surface area contributed by atoms with Crippen molar-refractivity contribution in [3.8, 4) is 11.8 Å². The molecule has 15 heavy (non-hydrogen) atoms. The molecule has 0 fully saturated rings. The Bertz CT molecular complexity index is 399. The summed E-state index contributed by atoms with van der Waals surface area (Å²) in [6.45, 7) is 6.23. The van der Waals surface area contributed by atoms with Gasteiger partial charge in [-0.25, -0.2) is 0 Å². The number of nitriles is 1. The highest BCUT2D eigenvalue weighted by Gasteiger charge is 2.20. The molecule has 0 unspecified atom stereocenters. The summed E-state index contributed by atoms with van der Waals surface area (Å²) in [5.74, 6) is 0.634. The first-order chi connectivity index (χ1) is 6.83. The van der Waals surface area contributed by atoms with Gasteiger partial charge in [0.15, 0.2) is 0 Å². The maximum Gasteiger partial charge on any atom is 0.242 e. The van der Waals surface area contributed by atoms with Crippen molar-refractivity contribution in [3.63, 3.8) is 0 Å². The number of halogens is 2. The van der Waals surface area contributed by atoms with Crippen LogP contribution in [0, 0.1) is 11.3 Å². The number of nitrogens with zero attached hydrogens (tertiary/aromatic N) is 1. The number of benzene rings is 1. The van der Waals surface area contributed by atoms with Crippen LogP contribution in [0.25, 0.3) is 0 Å². The van der Waals surface area contributed by atoms with E-state index in [-0.39, 0.29) is 0 Å². The molecule has 1 aromatic carbocycles. The van der Waals surface area contributed by atoms with E-state index in [0.29, 0.717) is 16.3 Å². The summed E-state index contributed by atoms with van der Waals surface area (Å²) in [6, 6.07) is 5.36. The first-order valence-corrected chi connectivity index (χ1v) is 8.99. The zero-order chi connectivity index (χ0) is 11.6. The van der Waals surface area contributed by atoms with Gasteiger partial charge >= 0.3 is 0 Å². The second kappa shape index (κ2) is 4.56. The highest BCUT2D eigenvalue weighted by atomic mass is 79.9. The van der Waals surface area contributed by atoms with Crippen molar-refractivity contribution >= 4 is 35.8 Å². The Morgan fingerprint density at radius 3 is 2.40 bits per heavy atom. The number of hydrogen-bond donors (Lipinski definition) is 0. The molecule has 0 aliphatic carbocycles. The lowest BCUT2D eigenvalue weighted by Crippen LogP contribution is -2.29. The van der Waals surface area contributed by atoms with Crippen molar-refractivity contribution in [2.75, 3.05) is 0 Å². The maximum absolute atomic E-state index is 8.75. The van der Waals surface area contributed by atoms with Crippen molar-refractivity contribution < 1.29 is 4.43 Å². The monoisotopic (exact) mass is 303 g/mol. The second-order valence-electron chi connectivity index (χ2n) is 4.10. The molecule has 1 rings (SSSR count). The zero-order valence-corrected chi connectivity index (χ0v) is 12.1. The second-order valence-corrected chi connectivity index (χ2v) is 9.79. The topological polar surface area (TPSA) is 33.0 Å². The van der Waals surface area contributed by atoms with Gasteiger partial charge in [-0.15, -0.1) is 0 Å². The minimum Gasteiger partial charge on any atom is -0.543 e. The molecule has 0 spiro atoms. The molecule has 0 heterocycles. The maximum atomic E-state index is 8.75.